The first kappa shape index (κ1) is 14.3. The van der Waals surface area contributed by atoms with Crippen molar-refractivity contribution >= 4 is 5.91 Å². The monoisotopic (exact) mass is 251 g/mol. The molecule has 2 nitrogen and oxygen atoms in total. The molecule has 0 spiro atoms. The van der Waals surface area contributed by atoms with Crippen LogP contribution >= 0.6 is 0 Å². The van der Waals surface area contributed by atoms with Crippen LogP contribution in [0.25, 0.3) is 0 Å². The van der Waals surface area contributed by atoms with Gasteiger partial charge in [-0.2, -0.15) is 13.2 Å². The molecule has 1 amide bonds. The lowest BCUT2D eigenvalue weighted by Crippen LogP contribution is -2.39. The maximum atomic E-state index is 11.9. The van der Waals surface area contributed by atoms with Crippen molar-refractivity contribution in [2.45, 2.75) is 45.7 Å². The number of carbonyl (C=O) groups excluding carboxylic acids is 1. The summed E-state index contributed by atoms with van der Waals surface area (Å²) in [5.74, 6) is 0.535. The van der Waals surface area contributed by atoms with E-state index < -0.39 is 18.6 Å². The molecule has 0 aromatic carbocycles. The lowest BCUT2D eigenvalue weighted by molar-refractivity contribution is -0.141. The van der Waals surface area contributed by atoms with Crippen molar-refractivity contribution in [3.05, 3.63) is 0 Å². The van der Waals surface area contributed by atoms with Crippen molar-refractivity contribution < 1.29 is 18.0 Å². The highest BCUT2D eigenvalue weighted by Crippen LogP contribution is 2.33. The van der Waals surface area contributed by atoms with Crippen LogP contribution in [0, 0.1) is 17.8 Å². The second kappa shape index (κ2) is 5.74. The SMILES string of the molecule is CC(C)[C@H]1CC[C@@H](C(=O)NCC(F)(F)F)CC1. The van der Waals surface area contributed by atoms with E-state index in [9.17, 15) is 18.0 Å². The third kappa shape index (κ3) is 4.96. The molecule has 0 aromatic heterocycles. The molecule has 1 saturated carbocycles. The molecular formula is C12H20F3NO. The zero-order chi connectivity index (χ0) is 13.1. The van der Waals surface area contributed by atoms with E-state index >= 15 is 0 Å². The van der Waals surface area contributed by atoms with Gasteiger partial charge in [0.15, 0.2) is 0 Å². The maximum Gasteiger partial charge on any atom is 0.405 e. The molecule has 1 aliphatic rings. The first-order valence-electron chi connectivity index (χ1n) is 6.14. The molecule has 1 N–H and O–H groups in total. The van der Waals surface area contributed by atoms with Crippen LogP contribution < -0.4 is 5.32 Å². The number of carbonyl (C=O) groups is 1. The molecular weight excluding hydrogens is 231 g/mol. The minimum absolute atomic E-state index is 0.229. The highest BCUT2D eigenvalue weighted by Gasteiger charge is 2.31. The lowest BCUT2D eigenvalue weighted by Gasteiger charge is -2.30. The van der Waals surface area contributed by atoms with E-state index in [0.29, 0.717) is 24.7 Å². The van der Waals surface area contributed by atoms with Crippen LogP contribution in [0.1, 0.15) is 39.5 Å². The topological polar surface area (TPSA) is 29.1 Å². The Labute approximate surface area is 100.0 Å². The molecule has 1 rings (SSSR count). The minimum atomic E-state index is -4.31. The molecule has 0 aromatic rings. The Morgan fingerprint density at radius 1 is 1.24 bits per heavy atom. The Kier molecular flexibility index (Phi) is 4.83. The van der Waals surface area contributed by atoms with Crippen molar-refractivity contribution in [3.63, 3.8) is 0 Å². The van der Waals surface area contributed by atoms with E-state index in [-0.39, 0.29) is 5.92 Å². The zero-order valence-electron chi connectivity index (χ0n) is 10.3. The highest BCUT2D eigenvalue weighted by atomic mass is 19.4. The van der Waals surface area contributed by atoms with Gasteiger partial charge in [0.2, 0.25) is 5.91 Å². The molecule has 0 saturated heterocycles. The van der Waals surface area contributed by atoms with Crippen LogP contribution in [0.2, 0.25) is 0 Å². The fraction of sp³-hybridized carbons (Fsp3) is 0.917. The van der Waals surface area contributed by atoms with Gasteiger partial charge in [-0.25, -0.2) is 0 Å². The Morgan fingerprint density at radius 2 is 1.76 bits per heavy atom. The number of alkyl halides is 3. The Bertz CT molecular complexity index is 255. The van der Waals surface area contributed by atoms with E-state index in [0.717, 1.165) is 12.8 Å². The Morgan fingerprint density at radius 3 is 2.18 bits per heavy atom. The number of amides is 1. The predicted molar refractivity (Wildman–Crippen MR) is 59.4 cm³/mol. The smallest absolute Gasteiger partial charge is 0.347 e. The van der Waals surface area contributed by atoms with Gasteiger partial charge in [-0.1, -0.05) is 13.8 Å². The Hall–Kier alpha value is -0.740. The molecule has 1 aliphatic carbocycles. The first-order valence-corrected chi connectivity index (χ1v) is 6.14. The van der Waals surface area contributed by atoms with E-state index in [4.69, 9.17) is 0 Å². The summed E-state index contributed by atoms with van der Waals surface area (Å²) >= 11 is 0. The summed E-state index contributed by atoms with van der Waals surface area (Å²) in [7, 11) is 0. The van der Waals surface area contributed by atoms with Gasteiger partial charge in [0.05, 0.1) is 0 Å². The molecule has 17 heavy (non-hydrogen) atoms. The highest BCUT2D eigenvalue weighted by molar-refractivity contribution is 5.78. The van der Waals surface area contributed by atoms with Gasteiger partial charge in [-0.15, -0.1) is 0 Å². The number of hydrogen-bond acceptors (Lipinski definition) is 1. The molecule has 0 heterocycles. The van der Waals surface area contributed by atoms with Gasteiger partial charge in [-0.3, -0.25) is 4.79 Å². The van der Waals surface area contributed by atoms with Gasteiger partial charge >= 0.3 is 6.18 Å². The van der Waals surface area contributed by atoms with Gasteiger partial charge in [0.25, 0.3) is 0 Å². The fourth-order valence-electron chi connectivity index (χ4n) is 2.38. The maximum absolute atomic E-state index is 11.9. The van der Waals surface area contributed by atoms with Gasteiger partial charge in [0, 0.05) is 5.92 Å². The van der Waals surface area contributed by atoms with Crippen molar-refractivity contribution in [2.75, 3.05) is 6.54 Å². The normalized spacial score (nSPS) is 26.0. The lowest BCUT2D eigenvalue weighted by atomic mass is 9.77. The van der Waals surface area contributed by atoms with Crippen molar-refractivity contribution in [2.24, 2.45) is 17.8 Å². The molecule has 0 aliphatic heterocycles. The number of halogens is 3. The molecule has 0 bridgehead atoms. The summed E-state index contributed by atoms with van der Waals surface area (Å²) in [6.45, 7) is 3.08. The first-order chi connectivity index (χ1) is 7.79. The van der Waals surface area contributed by atoms with Crippen LogP contribution in [-0.4, -0.2) is 18.6 Å². The zero-order valence-corrected chi connectivity index (χ0v) is 10.3. The quantitative estimate of drug-likeness (QED) is 0.820. The molecule has 5 heteroatoms. The molecule has 100 valence electrons. The van der Waals surface area contributed by atoms with Gasteiger partial charge in [-0.05, 0) is 37.5 Å². The summed E-state index contributed by atoms with van der Waals surface area (Å²) in [6, 6.07) is 0. The number of hydrogen-bond donors (Lipinski definition) is 1. The number of nitrogens with one attached hydrogen (secondary N) is 1. The minimum Gasteiger partial charge on any atom is -0.347 e. The summed E-state index contributed by atoms with van der Waals surface area (Å²) in [5, 5.41) is 1.97. The van der Waals surface area contributed by atoms with Crippen molar-refractivity contribution in [3.8, 4) is 0 Å². The fourth-order valence-corrected chi connectivity index (χ4v) is 2.38. The van der Waals surface area contributed by atoms with Crippen LogP contribution in [0.15, 0.2) is 0 Å². The standard InChI is InChI=1S/C12H20F3NO/c1-8(2)9-3-5-10(6-4-9)11(17)16-7-12(13,14)15/h8-10H,3-7H2,1-2H3,(H,16,17)/t9-,10+. The van der Waals surface area contributed by atoms with Crippen LogP contribution in [0.5, 0.6) is 0 Å². The van der Waals surface area contributed by atoms with Crippen LogP contribution in [-0.2, 0) is 4.79 Å². The van der Waals surface area contributed by atoms with E-state index in [2.05, 4.69) is 13.8 Å². The Balaban J connectivity index is 2.31. The summed E-state index contributed by atoms with van der Waals surface area (Å²) in [5.41, 5.74) is 0. The second-order valence-corrected chi connectivity index (χ2v) is 5.19. The van der Waals surface area contributed by atoms with Crippen LogP contribution in [0.4, 0.5) is 13.2 Å². The predicted octanol–water partition coefficient (Wildman–Crippen LogP) is 3.13. The second-order valence-electron chi connectivity index (χ2n) is 5.19. The van der Waals surface area contributed by atoms with E-state index in [1.807, 2.05) is 5.32 Å². The average molecular weight is 251 g/mol. The largest absolute Gasteiger partial charge is 0.405 e. The van der Waals surface area contributed by atoms with Gasteiger partial charge < -0.3 is 5.32 Å². The van der Waals surface area contributed by atoms with E-state index in [1.165, 1.54) is 0 Å². The molecule has 0 unspecified atom stereocenters. The van der Waals surface area contributed by atoms with Gasteiger partial charge in [0.1, 0.15) is 6.54 Å². The average Bonchev–Trinajstić information content (AvgIpc) is 2.25. The summed E-state index contributed by atoms with van der Waals surface area (Å²) in [4.78, 5) is 11.5. The summed E-state index contributed by atoms with van der Waals surface area (Å²) < 4.78 is 35.8. The third-order valence-corrected chi connectivity index (χ3v) is 3.55. The molecule has 0 atom stereocenters. The van der Waals surface area contributed by atoms with Crippen molar-refractivity contribution in [1.29, 1.82) is 0 Å². The van der Waals surface area contributed by atoms with Crippen LogP contribution in [0.3, 0.4) is 0 Å². The third-order valence-electron chi connectivity index (χ3n) is 3.55. The van der Waals surface area contributed by atoms with Crippen molar-refractivity contribution in [1.82, 2.24) is 5.32 Å². The number of rotatable bonds is 3. The summed E-state index contributed by atoms with van der Waals surface area (Å²) in [6.07, 6.45) is -0.993. The molecule has 1 fully saturated rings. The van der Waals surface area contributed by atoms with E-state index in [1.54, 1.807) is 0 Å². The molecule has 0 radical (unpaired) electrons.